The minimum absolute atomic E-state index is 0.145. The summed E-state index contributed by atoms with van der Waals surface area (Å²) in [6.07, 6.45) is 2.19. The molecule has 1 aliphatic heterocycles. The van der Waals surface area contributed by atoms with E-state index in [1.807, 2.05) is 29.6 Å². The van der Waals surface area contributed by atoms with Crippen molar-refractivity contribution in [2.45, 2.75) is 18.9 Å². The van der Waals surface area contributed by atoms with Crippen LogP contribution in [-0.4, -0.2) is 29.2 Å². The molecule has 0 spiro atoms. The Morgan fingerprint density at radius 3 is 2.72 bits per heavy atom. The molecule has 3 heterocycles. The van der Waals surface area contributed by atoms with Crippen molar-refractivity contribution in [3.05, 3.63) is 81.4 Å². The van der Waals surface area contributed by atoms with Gasteiger partial charge in [-0.05, 0) is 41.3 Å². The van der Waals surface area contributed by atoms with E-state index in [0.29, 0.717) is 17.2 Å². The Morgan fingerprint density at radius 1 is 1.21 bits per heavy atom. The van der Waals surface area contributed by atoms with Crippen LogP contribution in [0.25, 0.3) is 0 Å². The van der Waals surface area contributed by atoms with Gasteiger partial charge in [-0.2, -0.15) is 5.10 Å². The number of rotatable bonds is 6. The van der Waals surface area contributed by atoms with Gasteiger partial charge in [-0.1, -0.05) is 29.8 Å². The average Bonchev–Trinajstić information content (AvgIpc) is 3.47. The Bertz CT molecular complexity index is 1010. The molecular weight excluding hydrogens is 412 g/mol. The Morgan fingerprint density at radius 2 is 2.03 bits per heavy atom. The molecule has 0 radical (unpaired) electrons. The molecule has 0 bridgehead atoms. The van der Waals surface area contributed by atoms with Gasteiger partial charge in [-0.25, -0.2) is 5.01 Å². The maximum absolute atomic E-state index is 12.8. The largest absolute Gasteiger partial charge is 0.467 e. The minimum atomic E-state index is -0.448. The molecule has 0 fully saturated rings. The lowest BCUT2D eigenvalue weighted by Gasteiger charge is -2.19. The number of esters is 1. The molecule has 8 heteroatoms. The third-order valence-electron chi connectivity index (χ3n) is 4.47. The zero-order valence-electron chi connectivity index (χ0n) is 15.3. The Labute approximate surface area is 176 Å². The van der Waals surface area contributed by atoms with E-state index >= 15 is 0 Å². The van der Waals surface area contributed by atoms with E-state index in [1.165, 1.54) is 16.3 Å². The Kier molecular flexibility index (Phi) is 5.78. The number of carbonyl (C=O) groups excluding carboxylic acids is 2. The van der Waals surface area contributed by atoms with E-state index in [9.17, 15) is 9.59 Å². The maximum Gasteiger partial charge on any atom is 0.311 e. The first-order valence-electron chi connectivity index (χ1n) is 8.97. The van der Waals surface area contributed by atoms with E-state index in [0.717, 1.165) is 16.2 Å². The fourth-order valence-electron chi connectivity index (χ4n) is 3.07. The second-order valence-electron chi connectivity index (χ2n) is 6.44. The minimum Gasteiger partial charge on any atom is -0.467 e. The number of thiophene rings is 1. The normalized spacial score (nSPS) is 16.0. The number of hydrogen-bond acceptors (Lipinski definition) is 6. The van der Waals surface area contributed by atoms with Crippen LogP contribution in [0.3, 0.4) is 0 Å². The number of halogens is 1. The molecule has 0 N–H and O–H groups in total. The molecule has 1 atom stereocenters. The topological polar surface area (TPSA) is 72.1 Å². The standard InChI is InChI=1S/C21H17ClN2O4S/c22-15-7-5-14(6-8-15)17-12-18(19-4-1-9-27-19)24(23-17)20(25)13-28-21(26)11-16-3-2-10-29-16/h1-10,18H,11-13H2. The van der Waals surface area contributed by atoms with E-state index < -0.39 is 11.9 Å². The number of ether oxygens (including phenoxy) is 1. The van der Waals surface area contributed by atoms with Crippen molar-refractivity contribution >= 4 is 40.5 Å². The van der Waals surface area contributed by atoms with Gasteiger partial charge < -0.3 is 9.15 Å². The predicted molar refractivity (Wildman–Crippen MR) is 110 cm³/mol. The molecule has 148 valence electrons. The first-order chi connectivity index (χ1) is 14.1. The molecule has 0 aliphatic carbocycles. The zero-order valence-corrected chi connectivity index (χ0v) is 16.9. The SMILES string of the molecule is O=C(Cc1cccs1)OCC(=O)N1N=C(c2ccc(Cl)cc2)CC1c1ccco1. The monoisotopic (exact) mass is 428 g/mol. The molecule has 1 unspecified atom stereocenters. The van der Waals surface area contributed by atoms with Crippen LogP contribution in [0, 0.1) is 0 Å². The third kappa shape index (κ3) is 4.58. The average molecular weight is 429 g/mol. The zero-order chi connectivity index (χ0) is 20.2. The van der Waals surface area contributed by atoms with Gasteiger partial charge in [-0.15, -0.1) is 11.3 Å². The molecule has 6 nitrogen and oxygen atoms in total. The second-order valence-corrected chi connectivity index (χ2v) is 7.91. The number of carbonyl (C=O) groups is 2. The predicted octanol–water partition coefficient (Wildman–Crippen LogP) is 4.46. The Hall–Kier alpha value is -2.90. The van der Waals surface area contributed by atoms with Crippen LogP contribution in [0.1, 0.15) is 28.7 Å². The van der Waals surface area contributed by atoms with E-state index in [-0.39, 0.29) is 19.1 Å². The van der Waals surface area contributed by atoms with Crippen molar-refractivity contribution in [2.24, 2.45) is 5.10 Å². The van der Waals surface area contributed by atoms with E-state index in [2.05, 4.69) is 5.10 Å². The fourth-order valence-corrected chi connectivity index (χ4v) is 3.89. The van der Waals surface area contributed by atoms with Gasteiger partial charge in [-0.3, -0.25) is 9.59 Å². The number of hydrazone groups is 1. The lowest BCUT2D eigenvalue weighted by molar-refractivity contribution is -0.152. The highest BCUT2D eigenvalue weighted by atomic mass is 35.5. The summed E-state index contributed by atoms with van der Waals surface area (Å²) >= 11 is 7.43. The molecule has 4 rings (SSSR count). The number of nitrogens with zero attached hydrogens (tertiary/aromatic N) is 2. The van der Waals surface area contributed by atoms with Crippen LogP contribution in [0.5, 0.6) is 0 Å². The molecule has 1 aromatic carbocycles. The molecule has 1 amide bonds. The van der Waals surface area contributed by atoms with Crippen molar-refractivity contribution in [3.8, 4) is 0 Å². The van der Waals surface area contributed by atoms with Crippen LogP contribution in [0.15, 0.2) is 69.7 Å². The quantitative estimate of drug-likeness (QED) is 0.543. The van der Waals surface area contributed by atoms with Crippen molar-refractivity contribution in [1.29, 1.82) is 0 Å². The van der Waals surface area contributed by atoms with Crippen molar-refractivity contribution in [2.75, 3.05) is 6.61 Å². The molecule has 0 saturated heterocycles. The number of benzene rings is 1. The number of hydrogen-bond donors (Lipinski definition) is 0. The van der Waals surface area contributed by atoms with Gasteiger partial charge >= 0.3 is 5.97 Å². The van der Waals surface area contributed by atoms with Crippen LogP contribution >= 0.6 is 22.9 Å². The van der Waals surface area contributed by atoms with Crippen LogP contribution in [0.4, 0.5) is 0 Å². The summed E-state index contributed by atoms with van der Waals surface area (Å²) in [5, 5.41) is 8.33. The van der Waals surface area contributed by atoms with Crippen molar-refractivity contribution in [3.63, 3.8) is 0 Å². The summed E-state index contributed by atoms with van der Waals surface area (Å²) in [7, 11) is 0. The molecule has 3 aromatic rings. The third-order valence-corrected chi connectivity index (χ3v) is 5.60. The summed E-state index contributed by atoms with van der Waals surface area (Å²) in [5.41, 5.74) is 1.61. The lowest BCUT2D eigenvalue weighted by Crippen LogP contribution is -2.31. The van der Waals surface area contributed by atoms with Crippen molar-refractivity contribution in [1.82, 2.24) is 5.01 Å². The number of furan rings is 1. The van der Waals surface area contributed by atoms with E-state index in [1.54, 1.807) is 30.5 Å². The highest BCUT2D eigenvalue weighted by Crippen LogP contribution is 2.33. The molecular formula is C21H17ClN2O4S. The highest BCUT2D eigenvalue weighted by Gasteiger charge is 2.35. The number of amides is 1. The summed E-state index contributed by atoms with van der Waals surface area (Å²) in [6.45, 7) is -0.376. The smallest absolute Gasteiger partial charge is 0.311 e. The van der Waals surface area contributed by atoms with E-state index in [4.69, 9.17) is 20.8 Å². The van der Waals surface area contributed by atoms with Gasteiger partial charge in [0.15, 0.2) is 6.61 Å². The summed E-state index contributed by atoms with van der Waals surface area (Å²) < 4.78 is 10.7. The first-order valence-corrected chi connectivity index (χ1v) is 10.2. The van der Waals surface area contributed by atoms with Gasteiger partial charge in [0, 0.05) is 16.3 Å². The fraction of sp³-hybridized carbons (Fsp3) is 0.190. The first kappa shape index (κ1) is 19.4. The van der Waals surface area contributed by atoms with Gasteiger partial charge in [0.1, 0.15) is 11.8 Å². The van der Waals surface area contributed by atoms with Crippen LogP contribution in [-0.2, 0) is 20.7 Å². The molecule has 2 aromatic heterocycles. The van der Waals surface area contributed by atoms with Gasteiger partial charge in [0.25, 0.3) is 5.91 Å². The van der Waals surface area contributed by atoms with Crippen LogP contribution in [0.2, 0.25) is 5.02 Å². The highest BCUT2D eigenvalue weighted by molar-refractivity contribution is 7.10. The summed E-state index contributed by atoms with van der Waals surface area (Å²) in [6, 6.07) is 14.2. The van der Waals surface area contributed by atoms with Gasteiger partial charge in [0.05, 0.1) is 18.4 Å². The van der Waals surface area contributed by atoms with Crippen molar-refractivity contribution < 1.29 is 18.7 Å². The maximum atomic E-state index is 12.8. The lowest BCUT2D eigenvalue weighted by atomic mass is 10.0. The van der Waals surface area contributed by atoms with Gasteiger partial charge in [0.2, 0.25) is 0 Å². The Balaban J connectivity index is 1.47. The van der Waals surface area contributed by atoms with Crippen LogP contribution < -0.4 is 0 Å². The summed E-state index contributed by atoms with van der Waals surface area (Å²) in [5.74, 6) is -0.234. The molecule has 29 heavy (non-hydrogen) atoms. The molecule has 1 aliphatic rings. The second kappa shape index (κ2) is 8.63. The summed E-state index contributed by atoms with van der Waals surface area (Å²) in [4.78, 5) is 25.7. The molecule has 0 saturated carbocycles.